The number of rotatable bonds is 8. The van der Waals surface area contributed by atoms with Crippen LogP contribution in [0.3, 0.4) is 0 Å². The molecule has 3 rings (SSSR count). The van der Waals surface area contributed by atoms with Crippen LogP contribution in [0.25, 0.3) is 4.96 Å². The third kappa shape index (κ3) is 5.08. The zero-order chi connectivity index (χ0) is 19.2. The minimum absolute atomic E-state index is 0.104. The van der Waals surface area contributed by atoms with Crippen molar-refractivity contribution in [3.63, 3.8) is 0 Å². The van der Waals surface area contributed by atoms with Gasteiger partial charge in [-0.3, -0.25) is 9.59 Å². The highest BCUT2D eigenvalue weighted by atomic mass is 32.2. The summed E-state index contributed by atoms with van der Waals surface area (Å²) in [5.41, 5.74) is 1.19. The topological polar surface area (TPSA) is 85.6 Å². The van der Waals surface area contributed by atoms with Crippen LogP contribution in [0.4, 0.5) is 5.69 Å². The van der Waals surface area contributed by atoms with E-state index in [9.17, 15) is 9.59 Å². The van der Waals surface area contributed by atoms with E-state index in [-0.39, 0.29) is 17.2 Å². The smallest absolute Gasteiger partial charge is 0.275 e. The highest BCUT2D eigenvalue weighted by Crippen LogP contribution is 2.17. The second-order valence-corrected chi connectivity index (χ2v) is 7.65. The van der Waals surface area contributed by atoms with Gasteiger partial charge in [-0.1, -0.05) is 18.3 Å². The van der Waals surface area contributed by atoms with Gasteiger partial charge < -0.3 is 10.1 Å². The lowest BCUT2D eigenvalue weighted by molar-refractivity contribution is -0.113. The Bertz CT molecular complexity index is 982. The molecule has 0 bridgehead atoms. The molecule has 3 aromatic rings. The third-order valence-electron chi connectivity index (χ3n) is 3.57. The van der Waals surface area contributed by atoms with E-state index < -0.39 is 0 Å². The quantitative estimate of drug-likeness (QED) is 0.621. The molecule has 0 aliphatic carbocycles. The normalized spacial score (nSPS) is 10.9. The average Bonchev–Trinajstić information content (AvgIpc) is 3.07. The number of hydrogen-bond acceptors (Lipinski definition) is 7. The van der Waals surface area contributed by atoms with Gasteiger partial charge in [0.15, 0.2) is 0 Å². The van der Waals surface area contributed by atoms with Crippen LogP contribution in [0.2, 0.25) is 0 Å². The van der Waals surface area contributed by atoms with Gasteiger partial charge in [0.2, 0.25) is 10.9 Å². The first-order valence-electron chi connectivity index (χ1n) is 8.58. The first-order chi connectivity index (χ1) is 13.1. The number of ether oxygens (including phenoxy) is 1. The zero-order valence-electron chi connectivity index (χ0n) is 15.1. The summed E-state index contributed by atoms with van der Waals surface area (Å²) in [5.74, 6) is 1.43. The number of anilines is 1. The number of hydrogen-bond donors (Lipinski definition) is 1. The molecule has 0 atom stereocenters. The second-order valence-electron chi connectivity index (χ2n) is 5.63. The minimum atomic E-state index is -0.189. The van der Waals surface area contributed by atoms with Gasteiger partial charge in [0, 0.05) is 17.5 Å². The van der Waals surface area contributed by atoms with Gasteiger partial charge in [0.05, 0.1) is 18.1 Å². The Hall–Kier alpha value is -2.39. The molecular weight excluding hydrogens is 384 g/mol. The van der Waals surface area contributed by atoms with Gasteiger partial charge in [-0.2, -0.15) is 9.61 Å². The first-order valence-corrected chi connectivity index (χ1v) is 10.5. The van der Waals surface area contributed by atoms with E-state index in [0.29, 0.717) is 23.0 Å². The number of fused-ring (bicyclic) bond motifs is 1. The zero-order valence-corrected chi connectivity index (χ0v) is 16.7. The van der Waals surface area contributed by atoms with E-state index in [4.69, 9.17) is 4.74 Å². The number of nitrogens with one attached hydrogen (secondary N) is 1. The van der Waals surface area contributed by atoms with Crippen LogP contribution in [0.15, 0.2) is 35.1 Å². The fraction of sp³-hybridized carbons (Fsp3) is 0.333. The molecule has 0 radical (unpaired) electrons. The molecular formula is C18H20N4O3S2. The van der Waals surface area contributed by atoms with Crippen molar-refractivity contribution in [2.45, 2.75) is 26.0 Å². The van der Waals surface area contributed by atoms with E-state index in [1.54, 1.807) is 12.1 Å². The molecule has 2 heterocycles. The van der Waals surface area contributed by atoms with Crippen molar-refractivity contribution in [2.24, 2.45) is 0 Å². The summed E-state index contributed by atoms with van der Waals surface area (Å²) in [7, 11) is 0. The Kier molecular flexibility index (Phi) is 6.46. The van der Waals surface area contributed by atoms with E-state index in [1.807, 2.05) is 26.0 Å². The van der Waals surface area contributed by atoms with Crippen molar-refractivity contribution in [2.75, 3.05) is 17.7 Å². The van der Waals surface area contributed by atoms with Crippen molar-refractivity contribution in [3.05, 3.63) is 51.4 Å². The van der Waals surface area contributed by atoms with E-state index in [2.05, 4.69) is 15.4 Å². The Labute approximate surface area is 164 Å². The van der Waals surface area contributed by atoms with Crippen LogP contribution < -0.4 is 15.6 Å². The van der Waals surface area contributed by atoms with Gasteiger partial charge in [-0.15, -0.1) is 11.8 Å². The third-order valence-corrected chi connectivity index (χ3v) is 5.59. The lowest BCUT2D eigenvalue weighted by Crippen LogP contribution is -2.16. The number of thioether (sulfide) groups is 1. The molecule has 142 valence electrons. The molecule has 0 saturated heterocycles. The van der Waals surface area contributed by atoms with E-state index in [0.717, 1.165) is 22.9 Å². The Balaban J connectivity index is 1.53. The fourth-order valence-electron chi connectivity index (χ4n) is 2.36. The van der Waals surface area contributed by atoms with E-state index in [1.165, 1.54) is 33.7 Å². The summed E-state index contributed by atoms with van der Waals surface area (Å²) in [6.07, 6.45) is 0.767. The predicted molar refractivity (Wildman–Crippen MR) is 109 cm³/mol. The number of nitrogens with zero attached hydrogens (tertiary/aromatic N) is 3. The SMILES string of the molecule is CCOc1ccc(NC(=O)CSCc2cc(=O)n3nc(CC)sc3n2)cc1. The number of aryl methyl sites for hydroxylation is 1. The molecule has 7 nitrogen and oxygen atoms in total. The maximum atomic E-state index is 12.1. The Morgan fingerprint density at radius 2 is 2.07 bits per heavy atom. The molecule has 0 unspecified atom stereocenters. The molecule has 1 aromatic carbocycles. The molecule has 2 aromatic heterocycles. The van der Waals surface area contributed by atoms with Gasteiger partial charge in [-0.25, -0.2) is 4.98 Å². The fourth-order valence-corrected chi connectivity index (χ4v) is 3.93. The first kappa shape index (κ1) is 19.4. The molecule has 0 saturated carbocycles. The van der Waals surface area contributed by atoms with Crippen LogP contribution in [0.5, 0.6) is 5.75 Å². The maximum absolute atomic E-state index is 12.1. The van der Waals surface area contributed by atoms with Crippen molar-refractivity contribution >= 4 is 39.7 Å². The summed E-state index contributed by atoms with van der Waals surface area (Å²) < 4.78 is 6.70. The van der Waals surface area contributed by atoms with Crippen LogP contribution in [-0.2, 0) is 17.0 Å². The number of carbonyl (C=O) groups is 1. The van der Waals surface area contributed by atoms with Crippen LogP contribution in [-0.4, -0.2) is 32.9 Å². The van der Waals surface area contributed by atoms with Crippen LogP contribution in [0.1, 0.15) is 24.5 Å². The summed E-state index contributed by atoms with van der Waals surface area (Å²) in [5, 5.41) is 7.94. The lowest BCUT2D eigenvalue weighted by Gasteiger charge is -2.07. The Morgan fingerprint density at radius 3 is 2.78 bits per heavy atom. The molecule has 0 spiro atoms. The molecule has 9 heteroatoms. The molecule has 0 fully saturated rings. The van der Waals surface area contributed by atoms with Gasteiger partial charge in [0.1, 0.15) is 10.8 Å². The van der Waals surface area contributed by atoms with E-state index >= 15 is 0 Å². The summed E-state index contributed by atoms with van der Waals surface area (Å²) in [4.78, 5) is 29.2. The average molecular weight is 405 g/mol. The largest absolute Gasteiger partial charge is 0.494 e. The Morgan fingerprint density at radius 1 is 1.30 bits per heavy atom. The minimum Gasteiger partial charge on any atom is -0.494 e. The van der Waals surface area contributed by atoms with Gasteiger partial charge in [-0.05, 0) is 37.6 Å². The highest BCUT2D eigenvalue weighted by Gasteiger charge is 2.09. The number of aromatic nitrogens is 3. The van der Waals surface area contributed by atoms with Crippen LogP contribution in [0, 0.1) is 0 Å². The van der Waals surface area contributed by atoms with Gasteiger partial charge >= 0.3 is 0 Å². The molecule has 0 aliphatic rings. The number of benzene rings is 1. The molecule has 1 N–H and O–H groups in total. The number of carbonyl (C=O) groups excluding carboxylic acids is 1. The lowest BCUT2D eigenvalue weighted by atomic mass is 10.3. The van der Waals surface area contributed by atoms with Gasteiger partial charge in [0.25, 0.3) is 5.56 Å². The number of amides is 1. The standard InChI is InChI=1S/C18H20N4O3S2/c1-3-16-21-22-17(24)9-13(20-18(22)27-16)10-26-11-15(23)19-12-5-7-14(8-6-12)25-4-2/h5-9H,3-4,10-11H2,1-2H3,(H,19,23). The highest BCUT2D eigenvalue weighted by molar-refractivity contribution is 7.99. The summed E-state index contributed by atoms with van der Waals surface area (Å²) >= 11 is 2.83. The van der Waals surface area contributed by atoms with Crippen molar-refractivity contribution < 1.29 is 9.53 Å². The van der Waals surface area contributed by atoms with Crippen molar-refractivity contribution in [1.82, 2.24) is 14.6 Å². The molecule has 1 amide bonds. The van der Waals surface area contributed by atoms with Crippen molar-refractivity contribution in [3.8, 4) is 5.75 Å². The van der Waals surface area contributed by atoms with Crippen LogP contribution >= 0.6 is 23.1 Å². The predicted octanol–water partition coefficient (Wildman–Crippen LogP) is 2.98. The molecule has 0 aliphatic heterocycles. The summed E-state index contributed by atoms with van der Waals surface area (Å²) in [6.45, 7) is 4.52. The van der Waals surface area contributed by atoms with Crippen molar-refractivity contribution in [1.29, 1.82) is 0 Å². The summed E-state index contributed by atoms with van der Waals surface area (Å²) in [6, 6.07) is 8.72. The maximum Gasteiger partial charge on any atom is 0.275 e. The monoisotopic (exact) mass is 404 g/mol. The molecule has 27 heavy (non-hydrogen) atoms. The second kappa shape index (κ2) is 9.01.